The van der Waals surface area contributed by atoms with Crippen LogP contribution in [0.4, 0.5) is 0 Å². The van der Waals surface area contributed by atoms with Crippen LogP contribution in [0, 0.1) is 0 Å². The maximum Gasteiger partial charge on any atom is 0.235 e. The molecule has 0 fully saturated rings. The molecule has 65 valence electrons. The molecule has 13 heavy (non-hydrogen) atoms. The number of aliphatic hydroxyl groups is 1. The number of rotatable bonds is 2. The van der Waals surface area contributed by atoms with E-state index >= 15 is 0 Å². The summed E-state index contributed by atoms with van der Waals surface area (Å²) < 4.78 is 1.08. The lowest BCUT2D eigenvalue weighted by Crippen LogP contribution is -1.93. The third kappa shape index (κ3) is 1.48. The van der Waals surface area contributed by atoms with Crippen molar-refractivity contribution in [1.29, 1.82) is 0 Å². The molecule has 1 unspecified atom stereocenters. The third-order valence-corrected chi connectivity index (χ3v) is 2.99. The van der Waals surface area contributed by atoms with E-state index in [2.05, 4.69) is 0 Å². The van der Waals surface area contributed by atoms with E-state index in [1.807, 2.05) is 30.3 Å². The topological polar surface area (TPSA) is 37.3 Å². The van der Waals surface area contributed by atoms with Gasteiger partial charge in [-0.2, -0.15) is 0 Å². The highest BCUT2D eigenvalue weighted by Crippen LogP contribution is 2.28. The summed E-state index contributed by atoms with van der Waals surface area (Å²) in [5, 5.41) is 10.3. The molecule has 0 saturated carbocycles. The first-order chi connectivity index (χ1) is 6.31. The molecule has 0 amide bonds. The minimum Gasteiger partial charge on any atom is -0.379 e. The van der Waals surface area contributed by atoms with Gasteiger partial charge in [-0.25, -0.2) is 0 Å². The molecule has 2 aromatic rings. The predicted molar refractivity (Wildman–Crippen MR) is 52.5 cm³/mol. The van der Waals surface area contributed by atoms with Crippen molar-refractivity contribution < 1.29 is 9.90 Å². The lowest BCUT2D eigenvalue weighted by molar-refractivity contribution is 0.244. The molecule has 0 spiro atoms. The van der Waals surface area contributed by atoms with Gasteiger partial charge in [0, 0.05) is 9.58 Å². The van der Waals surface area contributed by atoms with Gasteiger partial charge in [0.05, 0.1) is 0 Å². The Kier molecular flexibility index (Phi) is 2.12. The molecule has 0 aliphatic rings. The molecule has 1 atom stereocenters. The third-order valence-electron chi connectivity index (χ3n) is 1.83. The van der Waals surface area contributed by atoms with Gasteiger partial charge < -0.3 is 5.11 Å². The molecule has 0 bridgehead atoms. The Hall–Kier alpha value is -1.19. The van der Waals surface area contributed by atoms with Crippen LogP contribution in [0.1, 0.15) is 11.0 Å². The Morgan fingerprint density at radius 1 is 1.38 bits per heavy atom. The minimum absolute atomic E-state index is 0.649. The second-order valence-electron chi connectivity index (χ2n) is 2.71. The van der Waals surface area contributed by atoms with Crippen molar-refractivity contribution in [2.24, 2.45) is 0 Å². The maximum atomic E-state index is 10.2. The number of thiophene rings is 1. The molecule has 1 aromatic carbocycles. The number of hydrogen-bond donors (Lipinski definition) is 1. The monoisotopic (exact) mass is 191 g/mol. The van der Waals surface area contributed by atoms with Crippen LogP contribution in [-0.4, -0.2) is 11.4 Å². The van der Waals surface area contributed by atoms with Crippen molar-refractivity contribution in [3.8, 4) is 0 Å². The smallest absolute Gasteiger partial charge is 0.235 e. The van der Waals surface area contributed by atoms with E-state index in [1.165, 1.54) is 11.3 Å². The predicted octanol–water partition coefficient (Wildman–Crippen LogP) is 2.04. The largest absolute Gasteiger partial charge is 0.379 e. The van der Waals surface area contributed by atoms with Crippen molar-refractivity contribution >= 4 is 27.7 Å². The van der Waals surface area contributed by atoms with Gasteiger partial charge in [-0.3, -0.25) is 4.79 Å². The fourth-order valence-electron chi connectivity index (χ4n) is 1.20. The first-order valence-corrected chi connectivity index (χ1v) is 4.67. The molecule has 2 nitrogen and oxygen atoms in total. The quantitative estimate of drug-likeness (QED) is 0.788. The van der Waals surface area contributed by atoms with Crippen LogP contribution < -0.4 is 0 Å². The normalized spacial score (nSPS) is 13.0. The Balaban J connectivity index is 2.55. The fraction of sp³-hybridized carbons (Fsp3) is 0.100. The zero-order chi connectivity index (χ0) is 9.26. The number of carbonyl (C=O) groups excluding carboxylic acids is 1. The van der Waals surface area contributed by atoms with E-state index in [4.69, 9.17) is 0 Å². The summed E-state index contributed by atoms with van der Waals surface area (Å²) in [4.78, 5) is 10.9. The molecule has 1 heterocycles. The van der Waals surface area contributed by atoms with Crippen LogP contribution in [0.5, 0.6) is 0 Å². The molecular weight excluding hydrogens is 184 g/mol. The number of hydrogen-bond acceptors (Lipinski definition) is 3. The van der Waals surface area contributed by atoms with Crippen LogP contribution in [0.3, 0.4) is 0 Å². The van der Waals surface area contributed by atoms with Gasteiger partial charge in [0.2, 0.25) is 6.29 Å². The molecule has 0 aliphatic heterocycles. The Bertz CT molecular complexity index is 400. The van der Waals surface area contributed by atoms with Gasteiger partial charge in [-0.1, -0.05) is 18.2 Å². The van der Waals surface area contributed by atoms with E-state index in [-0.39, 0.29) is 0 Å². The maximum absolute atomic E-state index is 10.2. The van der Waals surface area contributed by atoms with Gasteiger partial charge in [-0.15, -0.1) is 11.3 Å². The Labute approximate surface area is 79.4 Å². The summed E-state index contributed by atoms with van der Waals surface area (Å²) in [6, 6.07) is 9.58. The summed E-state index contributed by atoms with van der Waals surface area (Å²) in [6.07, 6.45) is 0.459. The molecule has 1 radical (unpaired) electrons. The molecule has 2 rings (SSSR count). The SMILES string of the molecule is O=[C]C(O)c1cc2ccccc2s1. The van der Waals surface area contributed by atoms with Gasteiger partial charge in [-0.05, 0) is 17.5 Å². The van der Waals surface area contributed by atoms with Crippen LogP contribution in [0.25, 0.3) is 10.1 Å². The van der Waals surface area contributed by atoms with E-state index < -0.39 is 6.10 Å². The molecule has 0 saturated heterocycles. The van der Waals surface area contributed by atoms with E-state index in [0.717, 1.165) is 10.1 Å². The summed E-state index contributed by atoms with van der Waals surface area (Å²) >= 11 is 1.42. The van der Waals surface area contributed by atoms with Gasteiger partial charge in [0.25, 0.3) is 0 Å². The first kappa shape index (κ1) is 8.41. The molecule has 1 aromatic heterocycles. The summed E-state index contributed by atoms with van der Waals surface area (Å²) in [5.74, 6) is 0. The number of fused-ring (bicyclic) bond motifs is 1. The van der Waals surface area contributed by atoms with Crippen LogP contribution in [0.15, 0.2) is 30.3 Å². The van der Waals surface area contributed by atoms with E-state index in [1.54, 1.807) is 6.29 Å². The van der Waals surface area contributed by atoms with Gasteiger partial charge in [0.1, 0.15) is 0 Å². The lowest BCUT2D eigenvalue weighted by Gasteiger charge is -1.93. The van der Waals surface area contributed by atoms with Crippen molar-refractivity contribution in [3.63, 3.8) is 0 Å². The van der Waals surface area contributed by atoms with Crippen molar-refractivity contribution in [1.82, 2.24) is 0 Å². The Morgan fingerprint density at radius 2 is 2.15 bits per heavy atom. The average molecular weight is 191 g/mol. The molecule has 0 aliphatic carbocycles. The standard InChI is InChI=1S/C10H7O2S/c11-6-8(12)10-5-7-3-1-2-4-9(7)13-10/h1-5,8,12H. The van der Waals surface area contributed by atoms with Crippen molar-refractivity contribution in [2.45, 2.75) is 6.10 Å². The van der Waals surface area contributed by atoms with Crippen LogP contribution >= 0.6 is 11.3 Å². The lowest BCUT2D eigenvalue weighted by atomic mass is 10.2. The summed E-state index contributed by atoms with van der Waals surface area (Å²) in [5.41, 5.74) is 0. The van der Waals surface area contributed by atoms with E-state index in [9.17, 15) is 9.90 Å². The van der Waals surface area contributed by atoms with Crippen molar-refractivity contribution in [3.05, 3.63) is 35.2 Å². The minimum atomic E-state index is -1.10. The average Bonchev–Trinajstić information content (AvgIpc) is 2.59. The fourth-order valence-corrected chi connectivity index (χ4v) is 2.19. The zero-order valence-corrected chi connectivity index (χ0v) is 7.54. The first-order valence-electron chi connectivity index (χ1n) is 3.85. The molecule has 1 N–H and O–H groups in total. The summed E-state index contributed by atoms with van der Waals surface area (Å²) in [6.45, 7) is 0. The van der Waals surface area contributed by atoms with E-state index in [0.29, 0.717) is 4.88 Å². The second kappa shape index (κ2) is 3.28. The summed E-state index contributed by atoms with van der Waals surface area (Å²) in [7, 11) is 0. The van der Waals surface area contributed by atoms with Gasteiger partial charge >= 0.3 is 0 Å². The highest BCUT2D eigenvalue weighted by atomic mass is 32.1. The van der Waals surface area contributed by atoms with Crippen LogP contribution in [0.2, 0.25) is 0 Å². The number of aliphatic hydroxyl groups excluding tert-OH is 1. The Morgan fingerprint density at radius 3 is 2.85 bits per heavy atom. The second-order valence-corrected chi connectivity index (χ2v) is 3.82. The number of benzene rings is 1. The van der Waals surface area contributed by atoms with Crippen LogP contribution in [-0.2, 0) is 4.79 Å². The van der Waals surface area contributed by atoms with Crippen molar-refractivity contribution in [2.75, 3.05) is 0 Å². The zero-order valence-electron chi connectivity index (χ0n) is 6.73. The molecular formula is C10H7O2S. The van der Waals surface area contributed by atoms with Gasteiger partial charge in [0.15, 0.2) is 6.10 Å². The highest BCUT2D eigenvalue weighted by Gasteiger charge is 2.09. The molecule has 3 heteroatoms. The highest BCUT2D eigenvalue weighted by molar-refractivity contribution is 7.19.